The van der Waals surface area contributed by atoms with Crippen molar-refractivity contribution in [3.8, 4) is 0 Å². The van der Waals surface area contributed by atoms with Crippen molar-refractivity contribution >= 4 is 17.7 Å². The molecule has 1 aliphatic rings. The second kappa shape index (κ2) is 3.64. The van der Waals surface area contributed by atoms with Crippen molar-refractivity contribution in [2.24, 2.45) is 11.3 Å². The third-order valence-corrected chi connectivity index (χ3v) is 2.98. The standard InChI is InChI=1S/C10H14O5/c1-5-8(14-7(3)12)15-9(13)10(5,4)6(2)11/h5,8H,1-4H3. The van der Waals surface area contributed by atoms with Crippen molar-refractivity contribution in [2.75, 3.05) is 0 Å². The summed E-state index contributed by atoms with van der Waals surface area (Å²) >= 11 is 0. The zero-order valence-corrected chi connectivity index (χ0v) is 9.20. The summed E-state index contributed by atoms with van der Waals surface area (Å²) in [6.07, 6.45) is -0.955. The molecule has 0 aromatic carbocycles. The van der Waals surface area contributed by atoms with E-state index in [0.29, 0.717) is 0 Å². The summed E-state index contributed by atoms with van der Waals surface area (Å²) in [5, 5.41) is 0. The first-order chi connectivity index (χ1) is 6.80. The zero-order valence-electron chi connectivity index (χ0n) is 9.20. The Balaban J connectivity index is 2.92. The van der Waals surface area contributed by atoms with E-state index < -0.39 is 29.6 Å². The van der Waals surface area contributed by atoms with Crippen LogP contribution in [0.5, 0.6) is 0 Å². The number of cyclic esters (lactones) is 1. The van der Waals surface area contributed by atoms with Crippen LogP contribution in [0.3, 0.4) is 0 Å². The van der Waals surface area contributed by atoms with Gasteiger partial charge in [-0.2, -0.15) is 0 Å². The minimum atomic E-state index is -1.21. The van der Waals surface area contributed by atoms with Gasteiger partial charge in [0.2, 0.25) is 0 Å². The maximum absolute atomic E-state index is 11.5. The van der Waals surface area contributed by atoms with Crippen LogP contribution in [0.2, 0.25) is 0 Å². The van der Waals surface area contributed by atoms with E-state index in [4.69, 9.17) is 9.47 Å². The van der Waals surface area contributed by atoms with Gasteiger partial charge in [0.05, 0.1) is 5.92 Å². The monoisotopic (exact) mass is 214 g/mol. The molecule has 3 unspecified atom stereocenters. The highest BCUT2D eigenvalue weighted by Crippen LogP contribution is 2.40. The number of Topliss-reactive ketones (excluding diaryl/α,β-unsaturated/α-hetero) is 1. The van der Waals surface area contributed by atoms with E-state index in [1.54, 1.807) is 6.92 Å². The average molecular weight is 214 g/mol. The summed E-state index contributed by atoms with van der Waals surface area (Å²) in [5.41, 5.74) is -1.21. The summed E-state index contributed by atoms with van der Waals surface area (Å²) in [4.78, 5) is 33.6. The number of hydrogen-bond acceptors (Lipinski definition) is 5. The third-order valence-electron chi connectivity index (χ3n) is 2.98. The maximum Gasteiger partial charge on any atom is 0.322 e. The zero-order chi connectivity index (χ0) is 11.8. The van der Waals surface area contributed by atoms with Crippen LogP contribution in [0.1, 0.15) is 27.7 Å². The molecule has 3 atom stereocenters. The lowest BCUT2D eigenvalue weighted by Crippen LogP contribution is -2.37. The predicted octanol–water partition coefficient (Wildman–Crippen LogP) is 0.664. The first-order valence-corrected chi connectivity index (χ1v) is 4.69. The third kappa shape index (κ3) is 1.73. The van der Waals surface area contributed by atoms with Gasteiger partial charge in [-0.3, -0.25) is 14.4 Å². The van der Waals surface area contributed by atoms with Crippen molar-refractivity contribution in [3.63, 3.8) is 0 Å². The Kier molecular flexibility index (Phi) is 2.83. The molecule has 0 bridgehead atoms. The van der Waals surface area contributed by atoms with Gasteiger partial charge in [0.25, 0.3) is 6.29 Å². The lowest BCUT2D eigenvalue weighted by atomic mass is 9.77. The first-order valence-electron chi connectivity index (χ1n) is 4.69. The number of ether oxygens (including phenoxy) is 2. The molecule has 0 spiro atoms. The fourth-order valence-electron chi connectivity index (χ4n) is 1.54. The molecule has 1 heterocycles. The topological polar surface area (TPSA) is 69.7 Å². The van der Waals surface area contributed by atoms with Crippen LogP contribution in [0, 0.1) is 11.3 Å². The van der Waals surface area contributed by atoms with Crippen molar-refractivity contribution in [3.05, 3.63) is 0 Å². The van der Waals surface area contributed by atoms with Crippen molar-refractivity contribution in [1.82, 2.24) is 0 Å². The molecule has 5 nitrogen and oxygen atoms in total. The summed E-state index contributed by atoms with van der Waals surface area (Å²) in [5.74, 6) is -1.91. The summed E-state index contributed by atoms with van der Waals surface area (Å²) < 4.78 is 9.66. The van der Waals surface area contributed by atoms with E-state index in [9.17, 15) is 14.4 Å². The molecule has 0 radical (unpaired) electrons. The molecule has 0 aliphatic carbocycles. The smallest absolute Gasteiger partial charge is 0.322 e. The van der Waals surface area contributed by atoms with Gasteiger partial charge in [-0.15, -0.1) is 0 Å². The Morgan fingerprint density at radius 2 is 1.93 bits per heavy atom. The molecule has 0 N–H and O–H groups in total. The fraction of sp³-hybridized carbons (Fsp3) is 0.700. The minimum absolute atomic E-state index is 0.283. The molecule has 84 valence electrons. The van der Waals surface area contributed by atoms with Gasteiger partial charge < -0.3 is 9.47 Å². The first kappa shape index (κ1) is 11.7. The van der Waals surface area contributed by atoms with Gasteiger partial charge in [-0.25, -0.2) is 0 Å². The molecule has 1 aliphatic heterocycles. The highest BCUT2D eigenvalue weighted by atomic mass is 16.7. The molecule has 0 amide bonds. The highest BCUT2D eigenvalue weighted by molar-refractivity contribution is 6.03. The summed E-state index contributed by atoms with van der Waals surface area (Å²) in [6, 6.07) is 0. The minimum Gasteiger partial charge on any atom is -0.425 e. The normalized spacial score (nSPS) is 34.8. The number of hydrogen-bond donors (Lipinski definition) is 0. The largest absolute Gasteiger partial charge is 0.425 e. The van der Waals surface area contributed by atoms with Gasteiger partial charge in [0.15, 0.2) is 0 Å². The van der Waals surface area contributed by atoms with Gasteiger partial charge >= 0.3 is 11.9 Å². The van der Waals surface area contributed by atoms with Crippen molar-refractivity contribution in [2.45, 2.75) is 34.0 Å². The molecule has 1 rings (SSSR count). The predicted molar refractivity (Wildman–Crippen MR) is 49.6 cm³/mol. The number of esters is 2. The molecule has 0 aromatic rings. The Morgan fingerprint density at radius 3 is 2.27 bits per heavy atom. The summed E-state index contributed by atoms with van der Waals surface area (Å²) in [7, 11) is 0. The average Bonchev–Trinajstić information content (AvgIpc) is 2.31. The van der Waals surface area contributed by atoms with E-state index in [-0.39, 0.29) is 5.78 Å². The van der Waals surface area contributed by atoms with E-state index in [1.807, 2.05) is 0 Å². The summed E-state index contributed by atoms with van der Waals surface area (Å²) in [6.45, 7) is 5.71. The number of carbonyl (C=O) groups is 3. The number of ketones is 1. The van der Waals surface area contributed by atoms with E-state index in [0.717, 1.165) is 0 Å². The van der Waals surface area contributed by atoms with Crippen LogP contribution in [0.15, 0.2) is 0 Å². The Labute approximate surface area is 87.7 Å². The molecule has 1 saturated heterocycles. The second-order valence-electron chi connectivity index (χ2n) is 3.93. The molecular formula is C10H14O5. The fourth-order valence-corrected chi connectivity index (χ4v) is 1.54. The van der Waals surface area contributed by atoms with E-state index >= 15 is 0 Å². The molecule has 0 aromatic heterocycles. The van der Waals surface area contributed by atoms with Crippen LogP contribution in [0.4, 0.5) is 0 Å². The highest BCUT2D eigenvalue weighted by Gasteiger charge is 2.56. The SMILES string of the molecule is CC(=O)OC1OC(=O)C(C)(C(C)=O)C1C. The lowest BCUT2D eigenvalue weighted by molar-refractivity contribution is -0.179. The van der Waals surface area contributed by atoms with Crippen LogP contribution in [-0.2, 0) is 23.9 Å². The molecule has 1 fully saturated rings. The Morgan fingerprint density at radius 1 is 1.40 bits per heavy atom. The Hall–Kier alpha value is -1.39. The molecule has 15 heavy (non-hydrogen) atoms. The van der Waals surface area contributed by atoms with Crippen LogP contribution < -0.4 is 0 Å². The van der Waals surface area contributed by atoms with E-state index in [2.05, 4.69) is 0 Å². The second-order valence-corrected chi connectivity index (χ2v) is 3.93. The van der Waals surface area contributed by atoms with Crippen LogP contribution in [-0.4, -0.2) is 24.0 Å². The number of carbonyl (C=O) groups excluding carboxylic acids is 3. The van der Waals surface area contributed by atoms with Crippen LogP contribution >= 0.6 is 0 Å². The maximum atomic E-state index is 11.5. The van der Waals surface area contributed by atoms with Crippen LogP contribution in [0.25, 0.3) is 0 Å². The van der Waals surface area contributed by atoms with Gasteiger partial charge in [-0.1, -0.05) is 6.92 Å². The van der Waals surface area contributed by atoms with Gasteiger partial charge in [0, 0.05) is 6.92 Å². The van der Waals surface area contributed by atoms with Gasteiger partial charge in [0.1, 0.15) is 11.2 Å². The lowest BCUT2D eigenvalue weighted by Gasteiger charge is -2.21. The van der Waals surface area contributed by atoms with Gasteiger partial charge in [-0.05, 0) is 13.8 Å². The van der Waals surface area contributed by atoms with E-state index in [1.165, 1.54) is 20.8 Å². The van der Waals surface area contributed by atoms with Crippen molar-refractivity contribution in [1.29, 1.82) is 0 Å². The molecule has 0 saturated carbocycles. The number of rotatable bonds is 2. The quantitative estimate of drug-likeness (QED) is 0.499. The molecule has 5 heteroatoms. The molecular weight excluding hydrogens is 200 g/mol. The Bertz CT molecular complexity index is 322. The van der Waals surface area contributed by atoms with Crippen molar-refractivity contribution < 1.29 is 23.9 Å².